The van der Waals surface area contributed by atoms with E-state index in [9.17, 15) is 0 Å². The molecule has 4 heteroatoms. The molecule has 0 saturated carbocycles. The Morgan fingerprint density at radius 1 is 1.06 bits per heavy atom. The Labute approximate surface area is 108 Å². The van der Waals surface area contributed by atoms with Gasteiger partial charge in [0.2, 0.25) is 0 Å². The molecule has 0 atom stereocenters. The standard InChI is InChI=1S/C14H18N4/c1-11(2)16-8-13-9-17-14(18-10-13)7-12-3-5-15-6-4-12/h3-6,9-11,16H,7-8H2,1-2H3. The van der Waals surface area contributed by atoms with Gasteiger partial charge >= 0.3 is 0 Å². The van der Waals surface area contributed by atoms with E-state index in [1.165, 1.54) is 5.56 Å². The molecule has 0 radical (unpaired) electrons. The Kier molecular flexibility index (Phi) is 4.36. The molecular weight excluding hydrogens is 224 g/mol. The van der Waals surface area contributed by atoms with Crippen LogP contribution >= 0.6 is 0 Å². The van der Waals surface area contributed by atoms with Crippen LogP contribution in [-0.2, 0) is 13.0 Å². The van der Waals surface area contributed by atoms with Crippen molar-refractivity contribution in [2.24, 2.45) is 0 Å². The van der Waals surface area contributed by atoms with Gasteiger partial charge < -0.3 is 5.32 Å². The van der Waals surface area contributed by atoms with Crippen LogP contribution in [0.15, 0.2) is 36.9 Å². The number of nitrogens with zero attached hydrogens (tertiary/aromatic N) is 3. The summed E-state index contributed by atoms with van der Waals surface area (Å²) in [7, 11) is 0. The first kappa shape index (κ1) is 12.6. The highest BCUT2D eigenvalue weighted by Gasteiger charge is 2.00. The fourth-order valence-electron chi connectivity index (χ4n) is 1.57. The number of pyridine rings is 1. The highest BCUT2D eigenvalue weighted by molar-refractivity contribution is 5.16. The molecule has 0 spiro atoms. The van der Waals surface area contributed by atoms with Gasteiger partial charge in [0.25, 0.3) is 0 Å². The van der Waals surface area contributed by atoms with Crippen LogP contribution in [0.25, 0.3) is 0 Å². The smallest absolute Gasteiger partial charge is 0.132 e. The zero-order valence-electron chi connectivity index (χ0n) is 10.8. The van der Waals surface area contributed by atoms with Crippen molar-refractivity contribution < 1.29 is 0 Å². The fourth-order valence-corrected chi connectivity index (χ4v) is 1.57. The summed E-state index contributed by atoms with van der Waals surface area (Å²) in [5, 5.41) is 3.34. The maximum absolute atomic E-state index is 4.38. The maximum atomic E-state index is 4.38. The molecule has 0 saturated heterocycles. The van der Waals surface area contributed by atoms with Crippen LogP contribution in [0, 0.1) is 0 Å². The molecular formula is C14H18N4. The Morgan fingerprint density at radius 2 is 1.72 bits per heavy atom. The summed E-state index contributed by atoms with van der Waals surface area (Å²) in [6.45, 7) is 5.06. The summed E-state index contributed by atoms with van der Waals surface area (Å²) in [6, 6.07) is 4.44. The molecule has 0 aliphatic rings. The van der Waals surface area contributed by atoms with Crippen molar-refractivity contribution in [3.63, 3.8) is 0 Å². The highest BCUT2D eigenvalue weighted by Crippen LogP contribution is 2.04. The summed E-state index contributed by atoms with van der Waals surface area (Å²) in [4.78, 5) is 12.8. The lowest BCUT2D eigenvalue weighted by Gasteiger charge is -2.07. The molecule has 0 aromatic carbocycles. The second-order valence-corrected chi connectivity index (χ2v) is 4.58. The van der Waals surface area contributed by atoms with E-state index in [1.54, 1.807) is 12.4 Å². The van der Waals surface area contributed by atoms with Gasteiger partial charge in [0, 0.05) is 49.4 Å². The third-order valence-corrected chi connectivity index (χ3v) is 2.58. The van der Waals surface area contributed by atoms with E-state index < -0.39 is 0 Å². The number of nitrogens with one attached hydrogen (secondary N) is 1. The molecule has 2 rings (SSSR count). The Morgan fingerprint density at radius 3 is 2.33 bits per heavy atom. The normalized spacial score (nSPS) is 10.8. The number of hydrogen-bond donors (Lipinski definition) is 1. The third kappa shape index (κ3) is 3.89. The first-order chi connectivity index (χ1) is 8.74. The molecule has 0 unspecified atom stereocenters. The van der Waals surface area contributed by atoms with Gasteiger partial charge in [-0.05, 0) is 17.7 Å². The second kappa shape index (κ2) is 6.21. The summed E-state index contributed by atoms with van der Waals surface area (Å²) in [6.07, 6.45) is 8.10. The van der Waals surface area contributed by atoms with E-state index in [-0.39, 0.29) is 0 Å². The summed E-state index contributed by atoms with van der Waals surface area (Å²) in [5.41, 5.74) is 2.29. The van der Waals surface area contributed by atoms with E-state index in [0.717, 1.165) is 24.4 Å². The summed E-state index contributed by atoms with van der Waals surface area (Å²) < 4.78 is 0. The third-order valence-electron chi connectivity index (χ3n) is 2.58. The van der Waals surface area contributed by atoms with Gasteiger partial charge in [-0.1, -0.05) is 13.8 Å². The Hall–Kier alpha value is -1.81. The van der Waals surface area contributed by atoms with E-state index in [4.69, 9.17) is 0 Å². The van der Waals surface area contributed by atoms with Crippen molar-refractivity contribution in [3.05, 3.63) is 53.9 Å². The molecule has 0 amide bonds. The number of rotatable bonds is 5. The molecule has 0 bridgehead atoms. The molecule has 0 aliphatic heterocycles. The van der Waals surface area contributed by atoms with E-state index in [2.05, 4.69) is 34.1 Å². The van der Waals surface area contributed by atoms with Crippen LogP contribution in [0.3, 0.4) is 0 Å². The van der Waals surface area contributed by atoms with Crippen molar-refractivity contribution in [1.82, 2.24) is 20.3 Å². The SMILES string of the molecule is CC(C)NCc1cnc(Cc2ccncc2)nc1. The van der Waals surface area contributed by atoms with Crippen LogP contribution < -0.4 is 5.32 Å². The van der Waals surface area contributed by atoms with Crippen LogP contribution in [0.5, 0.6) is 0 Å². The lowest BCUT2D eigenvalue weighted by atomic mass is 10.2. The molecule has 18 heavy (non-hydrogen) atoms. The largest absolute Gasteiger partial charge is 0.310 e. The minimum atomic E-state index is 0.474. The lowest BCUT2D eigenvalue weighted by Crippen LogP contribution is -2.22. The van der Waals surface area contributed by atoms with E-state index in [0.29, 0.717) is 6.04 Å². The molecule has 1 N–H and O–H groups in total. The molecule has 0 fully saturated rings. The van der Waals surface area contributed by atoms with Crippen molar-refractivity contribution in [3.8, 4) is 0 Å². The van der Waals surface area contributed by atoms with Gasteiger partial charge in [0.1, 0.15) is 5.82 Å². The zero-order chi connectivity index (χ0) is 12.8. The zero-order valence-corrected chi connectivity index (χ0v) is 10.8. The molecule has 4 nitrogen and oxygen atoms in total. The van der Waals surface area contributed by atoms with E-state index >= 15 is 0 Å². The monoisotopic (exact) mass is 242 g/mol. The quantitative estimate of drug-likeness (QED) is 0.870. The first-order valence-electron chi connectivity index (χ1n) is 6.16. The van der Waals surface area contributed by atoms with Crippen LogP contribution in [0.2, 0.25) is 0 Å². The minimum absolute atomic E-state index is 0.474. The van der Waals surface area contributed by atoms with Gasteiger partial charge in [-0.15, -0.1) is 0 Å². The van der Waals surface area contributed by atoms with Gasteiger partial charge in [0.15, 0.2) is 0 Å². The number of hydrogen-bond acceptors (Lipinski definition) is 4. The van der Waals surface area contributed by atoms with Crippen LogP contribution in [0.1, 0.15) is 30.8 Å². The van der Waals surface area contributed by atoms with Gasteiger partial charge in [-0.25, -0.2) is 9.97 Å². The first-order valence-corrected chi connectivity index (χ1v) is 6.16. The summed E-state index contributed by atoms with van der Waals surface area (Å²) >= 11 is 0. The Balaban J connectivity index is 1.95. The molecule has 94 valence electrons. The summed E-state index contributed by atoms with van der Waals surface area (Å²) in [5.74, 6) is 0.842. The lowest BCUT2D eigenvalue weighted by molar-refractivity contribution is 0.586. The molecule has 2 heterocycles. The molecule has 2 aromatic heterocycles. The van der Waals surface area contributed by atoms with Gasteiger partial charge in [-0.2, -0.15) is 0 Å². The van der Waals surface area contributed by atoms with Crippen LogP contribution in [-0.4, -0.2) is 21.0 Å². The number of aromatic nitrogens is 3. The average molecular weight is 242 g/mol. The Bertz CT molecular complexity index is 465. The average Bonchev–Trinajstić information content (AvgIpc) is 2.39. The minimum Gasteiger partial charge on any atom is -0.310 e. The van der Waals surface area contributed by atoms with Crippen molar-refractivity contribution >= 4 is 0 Å². The molecule has 0 aliphatic carbocycles. The van der Waals surface area contributed by atoms with Crippen molar-refractivity contribution in [2.75, 3.05) is 0 Å². The van der Waals surface area contributed by atoms with Gasteiger partial charge in [0.05, 0.1) is 0 Å². The van der Waals surface area contributed by atoms with Crippen molar-refractivity contribution in [2.45, 2.75) is 32.9 Å². The topological polar surface area (TPSA) is 50.7 Å². The highest BCUT2D eigenvalue weighted by atomic mass is 14.9. The van der Waals surface area contributed by atoms with Gasteiger partial charge in [-0.3, -0.25) is 4.98 Å². The van der Waals surface area contributed by atoms with Crippen LogP contribution in [0.4, 0.5) is 0 Å². The van der Waals surface area contributed by atoms with Crippen molar-refractivity contribution in [1.29, 1.82) is 0 Å². The fraction of sp³-hybridized carbons (Fsp3) is 0.357. The predicted molar refractivity (Wildman–Crippen MR) is 71.1 cm³/mol. The maximum Gasteiger partial charge on any atom is 0.132 e. The van der Waals surface area contributed by atoms with E-state index in [1.807, 2.05) is 24.5 Å². The predicted octanol–water partition coefficient (Wildman–Crippen LogP) is 1.96. The second-order valence-electron chi connectivity index (χ2n) is 4.58. The molecule has 2 aromatic rings.